The number of carbonyl (C=O) groups excluding carboxylic acids is 1. The number of nitrogens with one attached hydrogen (secondary N) is 1. The zero-order chi connectivity index (χ0) is 26.9. The van der Waals surface area contributed by atoms with Crippen LogP contribution in [0.3, 0.4) is 0 Å². The molecule has 6 rings (SSSR count). The summed E-state index contributed by atoms with van der Waals surface area (Å²) in [7, 11) is 3.20. The number of rotatable bonds is 7. The molecule has 10 heteroatoms. The minimum absolute atomic E-state index is 0.326. The minimum atomic E-state index is -0.326. The number of carbonyl (C=O) groups is 1. The fourth-order valence-electron chi connectivity index (χ4n) is 4.38. The van der Waals surface area contributed by atoms with Crippen LogP contribution in [-0.2, 0) is 0 Å². The highest BCUT2D eigenvalue weighted by molar-refractivity contribution is 7.21. The van der Waals surface area contributed by atoms with Gasteiger partial charge in [-0.05, 0) is 23.6 Å². The highest BCUT2D eigenvalue weighted by atomic mass is 32.1. The number of hydrogen-bond donors (Lipinski definition) is 2. The van der Waals surface area contributed by atoms with Crippen molar-refractivity contribution >= 4 is 61.0 Å². The Balaban J connectivity index is 1.48. The third-order valence-electron chi connectivity index (χ3n) is 6.17. The lowest BCUT2D eigenvalue weighted by Crippen LogP contribution is -2.11. The van der Waals surface area contributed by atoms with Crippen LogP contribution in [0.1, 0.15) is 9.67 Å². The Morgan fingerprint density at radius 2 is 1.74 bits per heavy atom. The van der Waals surface area contributed by atoms with E-state index >= 15 is 0 Å². The number of nitrogen functional groups attached to an aromatic ring is 1. The third kappa shape index (κ3) is 4.63. The van der Waals surface area contributed by atoms with Crippen LogP contribution >= 0.6 is 34.0 Å². The standard InChI is InChI=1S/C29H22N4O3S3/c1-35-21-11-6-10-17(25(21)36-2)18-14-19(16-8-4-3-5-9-16)31-28-23(18)24(30)26(39-28)27(34)33-29-32-20(15-38-29)22-12-7-13-37-22/h3-15H,30H2,1-2H3,(H,32,33,34). The molecular formula is C29H22N4O3S3. The number of methoxy groups -OCH3 is 2. The molecule has 39 heavy (non-hydrogen) atoms. The summed E-state index contributed by atoms with van der Waals surface area (Å²) in [5.74, 6) is 0.845. The van der Waals surface area contributed by atoms with Crippen LogP contribution in [0.15, 0.2) is 77.5 Å². The maximum Gasteiger partial charge on any atom is 0.269 e. The Labute approximate surface area is 236 Å². The van der Waals surface area contributed by atoms with E-state index in [9.17, 15) is 4.79 Å². The second-order valence-electron chi connectivity index (χ2n) is 8.46. The summed E-state index contributed by atoms with van der Waals surface area (Å²) in [6.07, 6.45) is 0. The van der Waals surface area contributed by atoms with E-state index in [1.165, 1.54) is 22.7 Å². The van der Waals surface area contributed by atoms with Crippen molar-refractivity contribution < 1.29 is 14.3 Å². The van der Waals surface area contributed by atoms with E-state index in [2.05, 4.69) is 10.3 Å². The molecule has 194 valence electrons. The first-order chi connectivity index (χ1) is 19.1. The van der Waals surface area contributed by atoms with Gasteiger partial charge in [-0.1, -0.05) is 48.5 Å². The number of ether oxygens (including phenoxy) is 2. The molecule has 4 aromatic heterocycles. The molecule has 0 fully saturated rings. The van der Waals surface area contributed by atoms with Crippen LogP contribution in [0, 0.1) is 0 Å². The first-order valence-electron chi connectivity index (χ1n) is 11.9. The molecule has 6 aromatic rings. The molecule has 0 bridgehead atoms. The van der Waals surface area contributed by atoms with E-state index in [1.54, 1.807) is 25.6 Å². The van der Waals surface area contributed by atoms with Gasteiger partial charge in [0.1, 0.15) is 9.71 Å². The van der Waals surface area contributed by atoms with Crippen molar-refractivity contribution in [3.05, 3.63) is 82.4 Å². The van der Waals surface area contributed by atoms with Gasteiger partial charge in [0.25, 0.3) is 5.91 Å². The third-order valence-corrected chi connectivity index (χ3v) is 8.91. The maximum atomic E-state index is 13.4. The van der Waals surface area contributed by atoms with Crippen LogP contribution in [0.2, 0.25) is 0 Å². The molecule has 3 N–H and O–H groups in total. The van der Waals surface area contributed by atoms with E-state index in [0.29, 0.717) is 37.4 Å². The maximum absolute atomic E-state index is 13.4. The molecule has 1 amide bonds. The van der Waals surface area contributed by atoms with Gasteiger partial charge in [0.15, 0.2) is 16.6 Å². The normalized spacial score (nSPS) is 11.0. The summed E-state index contributed by atoms with van der Waals surface area (Å²) >= 11 is 4.23. The zero-order valence-corrected chi connectivity index (χ0v) is 23.4. The fourth-order valence-corrected chi connectivity index (χ4v) is 6.86. The summed E-state index contributed by atoms with van der Waals surface area (Å²) in [4.78, 5) is 25.0. The molecular weight excluding hydrogens is 549 g/mol. The molecule has 0 saturated carbocycles. The molecule has 2 aromatic carbocycles. The summed E-state index contributed by atoms with van der Waals surface area (Å²) in [6, 6.07) is 21.5. The number of nitrogens with zero attached hydrogens (tertiary/aromatic N) is 2. The SMILES string of the molecule is COc1cccc(-c2cc(-c3ccccc3)nc3sc(C(=O)Nc4nc(-c5cccs5)cs4)c(N)c23)c1OC. The van der Waals surface area contributed by atoms with Gasteiger partial charge < -0.3 is 15.2 Å². The van der Waals surface area contributed by atoms with Crippen molar-refractivity contribution in [1.29, 1.82) is 0 Å². The number of para-hydroxylation sites is 1. The highest BCUT2D eigenvalue weighted by Gasteiger charge is 2.24. The number of thiazole rings is 1. The number of thiophene rings is 2. The van der Waals surface area contributed by atoms with Crippen LogP contribution in [0.25, 0.3) is 43.2 Å². The van der Waals surface area contributed by atoms with Gasteiger partial charge >= 0.3 is 0 Å². The molecule has 0 spiro atoms. The van der Waals surface area contributed by atoms with Crippen molar-refractivity contribution in [2.24, 2.45) is 0 Å². The molecule has 4 heterocycles. The lowest BCUT2D eigenvalue weighted by molar-refractivity contribution is 0.103. The predicted molar refractivity (Wildman–Crippen MR) is 161 cm³/mol. The van der Waals surface area contributed by atoms with Crippen LogP contribution in [0.5, 0.6) is 11.5 Å². The number of benzene rings is 2. The Bertz CT molecular complexity index is 1790. The van der Waals surface area contributed by atoms with E-state index in [4.69, 9.17) is 20.2 Å². The molecule has 0 aliphatic carbocycles. The average Bonchev–Trinajstić information content (AvgIpc) is 3.73. The lowest BCUT2D eigenvalue weighted by atomic mass is 9.98. The van der Waals surface area contributed by atoms with Crippen molar-refractivity contribution in [3.8, 4) is 44.5 Å². The fraction of sp³-hybridized carbons (Fsp3) is 0.0690. The smallest absolute Gasteiger partial charge is 0.269 e. The number of anilines is 2. The number of fused-ring (bicyclic) bond motifs is 1. The number of aromatic nitrogens is 2. The van der Waals surface area contributed by atoms with E-state index in [0.717, 1.165) is 33.0 Å². The van der Waals surface area contributed by atoms with Gasteiger partial charge in [-0.3, -0.25) is 10.1 Å². The van der Waals surface area contributed by atoms with Crippen molar-refractivity contribution in [2.45, 2.75) is 0 Å². The van der Waals surface area contributed by atoms with Gasteiger partial charge in [-0.15, -0.1) is 34.0 Å². The second kappa shape index (κ2) is 10.5. The molecule has 7 nitrogen and oxygen atoms in total. The van der Waals surface area contributed by atoms with Crippen LogP contribution in [0.4, 0.5) is 10.8 Å². The molecule has 0 unspecified atom stereocenters. The van der Waals surface area contributed by atoms with E-state index < -0.39 is 0 Å². The Kier molecular flexibility index (Phi) is 6.74. The Morgan fingerprint density at radius 1 is 0.897 bits per heavy atom. The van der Waals surface area contributed by atoms with Crippen molar-refractivity contribution in [2.75, 3.05) is 25.3 Å². The first-order valence-corrected chi connectivity index (χ1v) is 14.5. The number of pyridine rings is 1. The van der Waals surface area contributed by atoms with E-state index in [-0.39, 0.29) is 5.91 Å². The van der Waals surface area contributed by atoms with Gasteiger partial charge in [0, 0.05) is 27.5 Å². The van der Waals surface area contributed by atoms with Crippen LogP contribution < -0.4 is 20.5 Å². The molecule has 0 aliphatic rings. The van der Waals surface area contributed by atoms with Crippen molar-refractivity contribution in [1.82, 2.24) is 9.97 Å². The second-order valence-corrected chi connectivity index (χ2v) is 11.3. The summed E-state index contributed by atoms with van der Waals surface area (Å²) < 4.78 is 11.3. The number of hydrogen-bond acceptors (Lipinski definition) is 9. The van der Waals surface area contributed by atoms with Crippen molar-refractivity contribution in [3.63, 3.8) is 0 Å². The quantitative estimate of drug-likeness (QED) is 0.204. The lowest BCUT2D eigenvalue weighted by Gasteiger charge is -2.15. The highest BCUT2D eigenvalue weighted by Crippen LogP contribution is 2.46. The van der Waals surface area contributed by atoms with Gasteiger partial charge in [-0.2, -0.15) is 0 Å². The molecule has 0 atom stereocenters. The Morgan fingerprint density at radius 3 is 2.49 bits per heavy atom. The van der Waals surface area contributed by atoms with Crippen LogP contribution in [-0.4, -0.2) is 30.1 Å². The summed E-state index contributed by atoms with van der Waals surface area (Å²) in [5.41, 5.74) is 11.2. The minimum Gasteiger partial charge on any atom is -0.493 e. The number of nitrogens with two attached hydrogens (primary N) is 1. The van der Waals surface area contributed by atoms with E-state index in [1.807, 2.05) is 77.5 Å². The zero-order valence-electron chi connectivity index (χ0n) is 20.9. The van der Waals surface area contributed by atoms with Gasteiger partial charge in [0.05, 0.1) is 36.2 Å². The summed E-state index contributed by atoms with van der Waals surface area (Å²) in [6.45, 7) is 0. The largest absolute Gasteiger partial charge is 0.493 e. The molecule has 0 saturated heterocycles. The Hall–Kier alpha value is -4.25. The number of amides is 1. The topological polar surface area (TPSA) is 99.4 Å². The average molecular weight is 571 g/mol. The monoisotopic (exact) mass is 570 g/mol. The van der Waals surface area contributed by atoms with Gasteiger partial charge in [0.2, 0.25) is 0 Å². The first kappa shape index (κ1) is 25.1. The van der Waals surface area contributed by atoms with Gasteiger partial charge in [-0.25, -0.2) is 9.97 Å². The molecule has 0 aliphatic heterocycles. The predicted octanol–water partition coefficient (Wildman–Crippen LogP) is 7.67. The molecule has 0 radical (unpaired) electrons. The summed E-state index contributed by atoms with van der Waals surface area (Å²) in [5, 5.41) is 8.04.